The van der Waals surface area contributed by atoms with Gasteiger partial charge >= 0.3 is 0 Å². The van der Waals surface area contributed by atoms with Crippen LogP contribution in [0, 0.1) is 26.2 Å². The molecule has 0 aliphatic rings. The Hall–Kier alpha value is -2.19. The molecular formula is C13H14N4O. The average molecular weight is 242 g/mol. The van der Waals surface area contributed by atoms with E-state index in [1.54, 1.807) is 6.20 Å². The van der Waals surface area contributed by atoms with E-state index in [-0.39, 0.29) is 0 Å². The molecule has 0 aliphatic heterocycles. The van der Waals surface area contributed by atoms with E-state index in [1.807, 2.05) is 19.9 Å². The summed E-state index contributed by atoms with van der Waals surface area (Å²) in [4.78, 5) is 8.53. The van der Waals surface area contributed by atoms with Gasteiger partial charge in [-0.25, -0.2) is 0 Å². The number of pyridine rings is 1. The van der Waals surface area contributed by atoms with Crippen molar-refractivity contribution in [2.24, 2.45) is 5.73 Å². The molecule has 2 aromatic rings. The first-order chi connectivity index (χ1) is 8.61. The summed E-state index contributed by atoms with van der Waals surface area (Å²) in [6, 6.07) is 1.58. The van der Waals surface area contributed by atoms with Gasteiger partial charge in [0.15, 0.2) is 0 Å². The van der Waals surface area contributed by atoms with Gasteiger partial charge in [0.05, 0.1) is 6.04 Å². The van der Waals surface area contributed by atoms with Gasteiger partial charge in [-0.2, -0.15) is 4.98 Å². The van der Waals surface area contributed by atoms with Crippen molar-refractivity contribution in [3.63, 3.8) is 0 Å². The minimum Gasteiger partial charge on any atom is -0.337 e. The zero-order chi connectivity index (χ0) is 13.1. The fourth-order valence-electron chi connectivity index (χ4n) is 1.65. The summed E-state index contributed by atoms with van der Waals surface area (Å²) in [5.41, 5.74) is 8.58. The number of aryl methyl sites for hydroxylation is 2. The molecule has 0 amide bonds. The van der Waals surface area contributed by atoms with Crippen molar-refractivity contribution in [2.75, 3.05) is 0 Å². The van der Waals surface area contributed by atoms with Crippen LogP contribution in [-0.2, 0) is 0 Å². The van der Waals surface area contributed by atoms with Crippen LogP contribution in [-0.4, -0.2) is 15.1 Å². The quantitative estimate of drug-likeness (QED) is 0.830. The second kappa shape index (κ2) is 4.98. The Balaban J connectivity index is 2.32. The van der Waals surface area contributed by atoms with Crippen molar-refractivity contribution in [1.82, 2.24) is 15.1 Å². The van der Waals surface area contributed by atoms with Crippen LogP contribution in [0.1, 0.15) is 29.5 Å². The lowest BCUT2D eigenvalue weighted by molar-refractivity contribution is 0.356. The predicted molar refractivity (Wildman–Crippen MR) is 67.4 cm³/mol. The van der Waals surface area contributed by atoms with E-state index in [1.165, 1.54) is 0 Å². The Morgan fingerprint density at radius 3 is 2.94 bits per heavy atom. The van der Waals surface area contributed by atoms with Gasteiger partial charge in [0.2, 0.25) is 11.7 Å². The summed E-state index contributed by atoms with van der Waals surface area (Å²) in [5, 5.41) is 3.88. The van der Waals surface area contributed by atoms with Gasteiger partial charge in [-0.05, 0) is 25.0 Å². The molecule has 0 saturated heterocycles. The molecule has 92 valence electrons. The molecule has 0 spiro atoms. The van der Waals surface area contributed by atoms with Crippen molar-refractivity contribution < 1.29 is 4.52 Å². The highest BCUT2D eigenvalue weighted by Gasteiger charge is 2.16. The molecule has 5 heteroatoms. The third-order valence-corrected chi connectivity index (χ3v) is 2.52. The van der Waals surface area contributed by atoms with E-state index in [9.17, 15) is 0 Å². The van der Waals surface area contributed by atoms with Crippen molar-refractivity contribution in [2.45, 2.75) is 26.3 Å². The zero-order valence-corrected chi connectivity index (χ0v) is 10.3. The maximum Gasteiger partial charge on any atom is 0.244 e. The minimum atomic E-state index is -0.429. The monoisotopic (exact) mass is 242 g/mol. The Bertz CT molecular complexity index is 597. The first-order valence-electron chi connectivity index (χ1n) is 5.58. The normalized spacial score (nSPS) is 12.1. The van der Waals surface area contributed by atoms with Crippen molar-refractivity contribution in [1.29, 1.82) is 0 Å². The highest BCUT2D eigenvalue weighted by atomic mass is 16.5. The average Bonchev–Trinajstić information content (AvgIpc) is 2.78. The topological polar surface area (TPSA) is 77.8 Å². The number of aromatic nitrogens is 3. The lowest BCUT2D eigenvalue weighted by Crippen LogP contribution is -2.09. The number of nitrogens with two attached hydrogens (primary N) is 1. The summed E-state index contributed by atoms with van der Waals surface area (Å²) in [7, 11) is 0. The van der Waals surface area contributed by atoms with Crippen molar-refractivity contribution >= 4 is 0 Å². The first kappa shape index (κ1) is 12.3. The number of rotatable bonds is 3. The number of hydrogen-bond acceptors (Lipinski definition) is 5. The van der Waals surface area contributed by atoms with E-state index in [4.69, 9.17) is 16.7 Å². The van der Waals surface area contributed by atoms with E-state index in [0.717, 1.165) is 11.1 Å². The van der Waals surface area contributed by atoms with Crippen molar-refractivity contribution in [3.05, 3.63) is 29.3 Å². The van der Waals surface area contributed by atoms with E-state index in [2.05, 4.69) is 21.0 Å². The van der Waals surface area contributed by atoms with Crippen LogP contribution in [0.3, 0.4) is 0 Å². The van der Waals surface area contributed by atoms with Gasteiger partial charge in [-0.1, -0.05) is 11.2 Å². The van der Waals surface area contributed by atoms with Crippen molar-refractivity contribution in [3.8, 4) is 23.9 Å². The van der Waals surface area contributed by atoms with Crippen LogP contribution < -0.4 is 5.73 Å². The summed E-state index contributed by atoms with van der Waals surface area (Å²) in [5.74, 6) is 3.24. The lowest BCUT2D eigenvalue weighted by Gasteiger charge is -2.01. The molecule has 5 nitrogen and oxygen atoms in total. The van der Waals surface area contributed by atoms with Gasteiger partial charge in [0.25, 0.3) is 0 Å². The number of hydrogen-bond donors (Lipinski definition) is 1. The summed E-state index contributed by atoms with van der Waals surface area (Å²) >= 11 is 0. The van der Waals surface area contributed by atoms with Gasteiger partial charge < -0.3 is 10.3 Å². The Morgan fingerprint density at radius 2 is 2.28 bits per heavy atom. The second-order valence-corrected chi connectivity index (χ2v) is 4.15. The van der Waals surface area contributed by atoms with Crippen LogP contribution >= 0.6 is 0 Å². The molecule has 0 aromatic carbocycles. The standard InChI is InChI=1S/C13H14N4O/c1-4-5-10(14)13-16-12(17-18-13)11-9(3)6-8(2)7-15-11/h1,6-7,10H,5,14H2,2-3H3. The Kier molecular flexibility index (Phi) is 3.40. The summed E-state index contributed by atoms with van der Waals surface area (Å²) in [6.45, 7) is 3.93. The van der Waals surface area contributed by atoms with Crippen LogP contribution in [0.4, 0.5) is 0 Å². The smallest absolute Gasteiger partial charge is 0.244 e. The molecular weight excluding hydrogens is 228 g/mol. The van der Waals surface area contributed by atoms with Gasteiger partial charge in [0, 0.05) is 12.6 Å². The fraction of sp³-hybridized carbons (Fsp3) is 0.308. The number of terminal acetylenes is 1. The SMILES string of the molecule is C#CCC(N)c1nc(-c2ncc(C)cc2C)no1. The van der Waals surface area contributed by atoms with Gasteiger partial charge in [-0.3, -0.25) is 4.98 Å². The minimum absolute atomic E-state index is 0.338. The molecule has 0 fully saturated rings. The molecule has 0 saturated carbocycles. The molecule has 0 bridgehead atoms. The number of nitrogens with zero attached hydrogens (tertiary/aromatic N) is 3. The third-order valence-electron chi connectivity index (χ3n) is 2.52. The summed E-state index contributed by atoms with van der Waals surface area (Å²) < 4.78 is 5.10. The molecule has 2 N–H and O–H groups in total. The van der Waals surface area contributed by atoms with E-state index < -0.39 is 6.04 Å². The fourth-order valence-corrected chi connectivity index (χ4v) is 1.65. The molecule has 0 radical (unpaired) electrons. The molecule has 2 aromatic heterocycles. The van der Waals surface area contributed by atoms with E-state index in [0.29, 0.717) is 23.8 Å². The van der Waals surface area contributed by atoms with E-state index >= 15 is 0 Å². The van der Waals surface area contributed by atoms with Crippen LogP contribution in [0.5, 0.6) is 0 Å². The molecule has 1 unspecified atom stereocenters. The van der Waals surface area contributed by atoms with Crippen LogP contribution in [0.25, 0.3) is 11.5 Å². The highest BCUT2D eigenvalue weighted by molar-refractivity contribution is 5.54. The van der Waals surface area contributed by atoms with Gasteiger partial charge in [0.1, 0.15) is 5.69 Å². The summed E-state index contributed by atoms with van der Waals surface area (Å²) in [6.07, 6.45) is 7.32. The predicted octanol–water partition coefficient (Wildman–Crippen LogP) is 1.77. The lowest BCUT2D eigenvalue weighted by atomic mass is 10.1. The molecule has 18 heavy (non-hydrogen) atoms. The largest absolute Gasteiger partial charge is 0.337 e. The molecule has 2 heterocycles. The highest BCUT2D eigenvalue weighted by Crippen LogP contribution is 2.20. The zero-order valence-electron chi connectivity index (χ0n) is 10.3. The maximum absolute atomic E-state index is 5.80. The maximum atomic E-state index is 5.80. The second-order valence-electron chi connectivity index (χ2n) is 4.15. The Labute approximate surface area is 105 Å². The molecule has 2 rings (SSSR count). The van der Waals surface area contributed by atoms with Crippen LogP contribution in [0.2, 0.25) is 0 Å². The van der Waals surface area contributed by atoms with Crippen LogP contribution in [0.15, 0.2) is 16.8 Å². The molecule has 1 atom stereocenters. The first-order valence-corrected chi connectivity index (χ1v) is 5.58. The third kappa shape index (κ3) is 2.39. The molecule has 0 aliphatic carbocycles. The Morgan fingerprint density at radius 1 is 1.50 bits per heavy atom. The van der Waals surface area contributed by atoms with Gasteiger partial charge in [-0.15, -0.1) is 12.3 Å².